The fraction of sp³-hybridized carbons (Fsp3) is 0.571. The molecule has 0 aromatic heterocycles. The van der Waals surface area contributed by atoms with Gasteiger partial charge in [0.15, 0.2) is 0 Å². The fourth-order valence-electron chi connectivity index (χ4n) is 2.29. The van der Waals surface area contributed by atoms with Crippen LogP contribution in [0.3, 0.4) is 0 Å². The van der Waals surface area contributed by atoms with Crippen molar-refractivity contribution >= 4 is 10.0 Å². The second-order valence-electron chi connectivity index (χ2n) is 5.57. The van der Waals surface area contributed by atoms with Crippen LogP contribution in [0.1, 0.15) is 5.56 Å². The third kappa shape index (κ3) is 5.31. The van der Waals surface area contributed by atoms with Gasteiger partial charge in [0.1, 0.15) is 5.60 Å². The molecule has 1 saturated heterocycles. The second kappa shape index (κ2) is 7.49. The molecule has 5 N–H and O–H groups in total. The number of nitrogens with one attached hydrogen (secondary N) is 2. The van der Waals surface area contributed by atoms with Gasteiger partial charge in [-0.3, -0.25) is 0 Å². The Bertz CT molecular complexity index is 566. The highest BCUT2D eigenvalue weighted by atomic mass is 32.2. The minimum Gasteiger partial charge on any atom is -0.385 e. The van der Waals surface area contributed by atoms with Gasteiger partial charge in [-0.1, -0.05) is 12.1 Å². The van der Waals surface area contributed by atoms with Crippen LogP contribution < -0.4 is 15.8 Å². The van der Waals surface area contributed by atoms with Crippen molar-refractivity contribution in [2.45, 2.75) is 16.9 Å². The van der Waals surface area contributed by atoms with Crippen molar-refractivity contribution in [3.05, 3.63) is 29.8 Å². The maximum Gasteiger partial charge on any atom is 0.238 e. The van der Waals surface area contributed by atoms with Crippen LogP contribution in [0.15, 0.2) is 29.2 Å². The minimum absolute atomic E-state index is 0.111. The van der Waals surface area contributed by atoms with Crippen molar-refractivity contribution < 1.29 is 18.3 Å². The molecular formula is C14H23N3O4S. The van der Waals surface area contributed by atoms with E-state index in [-0.39, 0.29) is 4.90 Å². The average Bonchev–Trinajstić information content (AvgIpc) is 2.68. The van der Waals surface area contributed by atoms with Crippen molar-refractivity contribution in [1.82, 2.24) is 10.6 Å². The van der Waals surface area contributed by atoms with Crippen molar-refractivity contribution in [3.8, 4) is 0 Å². The quantitative estimate of drug-likeness (QED) is 0.489. The molecule has 1 fully saturated rings. The summed E-state index contributed by atoms with van der Waals surface area (Å²) in [6.45, 7) is 3.29. The van der Waals surface area contributed by atoms with Gasteiger partial charge in [0, 0.05) is 19.6 Å². The van der Waals surface area contributed by atoms with Gasteiger partial charge in [0.05, 0.1) is 18.1 Å². The Morgan fingerprint density at radius 2 is 2.09 bits per heavy atom. The predicted molar refractivity (Wildman–Crippen MR) is 83.0 cm³/mol. The zero-order chi connectivity index (χ0) is 16.1. The lowest BCUT2D eigenvalue weighted by Gasteiger charge is -2.26. The summed E-state index contributed by atoms with van der Waals surface area (Å²) in [5, 5.41) is 21.7. The van der Waals surface area contributed by atoms with Crippen LogP contribution in [0.4, 0.5) is 0 Å². The molecule has 1 aliphatic heterocycles. The largest absolute Gasteiger partial charge is 0.385 e. The molecule has 0 amide bonds. The summed E-state index contributed by atoms with van der Waals surface area (Å²) in [6.07, 6.45) is 0.731. The molecule has 1 aromatic carbocycles. The molecule has 0 spiro atoms. The summed E-state index contributed by atoms with van der Waals surface area (Å²) in [4.78, 5) is 0.111. The topological polar surface area (TPSA) is 114 Å². The number of β-amino-alcohol motifs (C(OH)–C–C–N with tert-alkyl or cyclic N) is 1. The first-order valence-electron chi connectivity index (χ1n) is 7.22. The lowest BCUT2D eigenvalue weighted by molar-refractivity contribution is -0.0260. The molecular weight excluding hydrogens is 306 g/mol. The smallest absolute Gasteiger partial charge is 0.238 e. The Kier molecular flexibility index (Phi) is 5.90. The standard InChI is InChI=1S/C14H23N3O4S/c15-22(19,20)13-3-1-12(2-4-13)5-6-16-9-14(18)10-17-7-8-21-11-14/h1-4,16-18H,5-11H2,(H2,15,19,20)/t14-/m1/s1. The minimum atomic E-state index is -3.64. The zero-order valence-corrected chi connectivity index (χ0v) is 13.2. The molecule has 22 heavy (non-hydrogen) atoms. The maximum atomic E-state index is 11.2. The van der Waals surface area contributed by atoms with E-state index < -0.39 is 15.6 Å². The lowest BCUT2D eigenvalue weighted by atomic mass is 10.1. The first-order valence-corrected chi connectivity index (χ1v) is 8.77. The van der Waals surface area contributed by atoms with Gasteiger partial charge in [-0.25, -0.2) is 13.6 Å². The maximum absolute atomic E-state index is 11.2. The summed E-state index contributed by atoms with van der Waals surface area (Å²) < 4.78 is 27.7. The van der Waals surface area contributed by atoms with Gasteiger partial charge in [-0.05, 0) is 30.7 Å². The Hall–Kier alpha value is -1.03. The molecule has 8 heteroatoms. The van der Waals surface area contributed by atoms with E-state index in [1.165, 1.54) is 12.1 Å². The van der Waals surface area contributed by atoms with Crippen LogP contribution in [0.5, 0.6) is 0 Å². The van der Waals surface area contributed by atoms with Gasteiger partial charge >= 0.3 is 0 Å². The summed E-state index contributed by atoms with van der Waals surface area (Å²) in [7, 11) is -3.64. The Morgan fingerprint density at radius 3 is 2.77 bits per heavy atom. The normalized spacial score (nSPS) is 23.2. The van der Waals surface area contributed by atoms with Crippen molar-refractivity contribution in [2.75, 3.05) is 39.4 Å². The monoisotopic (exact) mass is 329 g/mol. The molecule has 0 aliphatic carbocycles. The van der Waals surface area contributed by atoms with Crippen LogP contribution in [-0.2, 0) is 21.2 Å². The van der Waals surface area contributed by atoms with E-state index in [9.17, 15) is 13.5 Å². The molecule has 0 radical (unpaired) electrons. The number of hydrogen-bond donors (Lipinski definition) is 4. The van der Waals surface area contributed by atoms with Gasteiger partial charge in [0.25, 0.3) is 0 Å². The van der Waals surface area contributed by atoms with E-state index in [2.05, 4.69) is 10.6 Å². The molecule has 1 atom stereocenters. The molecule has 0 saturated carbocycles. The van der Waals surface area contributed by atoms with Crippen molar-refractivity contribution in [1.29, 1.82) is 0 Å². The summed E-state index contributed by atoms with van der Waals surface area (Å²) in [6, 6.07) is 6.49. The number of nitrogens with two attached hydrogens (primary N) is 1. The molecule has 124 valence electrons. The average molecular weight is 329 g/mol. The summed E-state index contributed by atoms with van der Waals surface area (Å²) >= 11 is 0. The van der Waals surface area contributed by atoms with E-state index in [0.717, 1.165) is 18.5 Å². The first kappa shape index (κ1) is 17.3. The predicted octanol–water partition coefficient (Wildman–Crippen LogP) is -1.18. The second-order valence-corrected chi connectivity index (χ2v) is 7.13. The van der Waals surface area contributed by atoms with Gasteiger partial charge in [-0.2, -0.15) is 0 Å². The highest BCUT2D eigenvalue weighted by Gasteiger charge is 2.28. The number of hydrogen-bond acceptors (Lipinski definition) is 6. The molecule has 1 aliphatic rings. The highest BCUT2D eigenvalue weighted by molar-refractivity contribution is 7.89. The van der Waals surface area contributed by atoms with Gasteiger partial charge < -0.3 is 20.5 Å². The molecule has 0 bridgehead atoms. The highest BCUT2D eigenvalue weighted by Crippen LogP contribution is 2.09. The number of rotatable bonds is 6. The molecule has 7 nitrogen and oxygen atoms in total. The van der Waals surface area contributed by atoms with Gasteiger partial charge in [0.2, 0.25) is 10.0 Å². The van der Waals surface area contributed by atoms with Crippen LogP contribution in [0.25, 0.3) is 0 Å². The Morgan fingerprint density at radius 1 is 1.36 bits per heavy atom. The summed E-state index contributed by atoms with van der Waals surface area (Å²) in [5.41, 5.74) is 0.107. The molecule has 1 aromatic rings. The summed E-state index contributed by atoms with van der Waals surface area (Å²) in [5.74, 6) is 0. The SMILES string of the molecule is NS(=O)(=O)c1ccc(CCNC[C@@]2(O)CNCCOC2)cc1. The number of primary sulfonamides is 1. The number of benzene rings is 1. The van der Waals surface area contributed by atoms with Crippen molar-refractivity contribution in [3.63, 3.8) is 0 Å². The van der Waals surface area contributed by atoms with Crippen LogP contribution >= 0.6 is 0 Å². The van der Waals surface area contributed by atoms with E-state index in [1.807, 2.05) is 0 Å². The third-order valence-electron chi connectivity index (χ3n) is 3.54. The number of ether oxygens (including phenoxy) is 1. The zero-order valence-electron chi connectivity index (χ0n) is 12.4. The van der Waals surface area contributed by atoms with E-state index in [0.29, 0.717) is 32.8 Å². The Balaban J connectivity index is 1.76. The van der Waals surface area contributed by atoms with E-state index >= 15 is 0 Å². The van der Waals surface area contributed by atoms with Crippen LogP contribution in [0.2, 0.25) is 0 Å². The third-order valence-corrected chi connectivity index (χ3v) is 4.47. The van der Waals surface area contributed by atoms with Crippen LogP contribution in [0, 0.1) is 0 Å². The van der Waals surface area contributed by atoms with E-state index in [4.69, 9.17) is 9.88 Å². The molecule has 1 heterocycles. The molecule has 0 unspecified atom stereocenters. The number of sulfonamides is 1. The first-order chi connectivity index (χ1) is 10.4. The van der Waals surface area contributed by atoms with Gasteiger partial charge in [-0.15, -0.1) is 0 Å². The van der Waals surface area contributed by atoms with E-state index in [1.54, 1.807) is 12.1 Å². The van der Waals surface area contributed by atoms with Crippen molar-refractivity contribution in [2.24, 2.45) is 5.14 Å². The fourth-order valence-corrected chi connectivity index (χ4v) is 2.81. The lowest BCUT2D eigenvalue weighted by Crippen LogP contribution is -2.50. The molecule has 2 rings (SSSR count). The van der Waals surface area contributed by atoms with Crippen LogP contribution in [-0.4, -0.2) is 58.5 Å². The Labute approximate surface area is 130 Å². The number of aliphatic hydroxyl groups is 1.